The van der Waals surface area contributed by atoms with Crippen LogP contribution >= 0.6 is 0 Å². The Balaban J connectivity index is 2.43. The van der Waals surface area contributed by atoms with Crippen LogP contribution in [0, 0.1) is 0 Å². The molecule has 1 atom stereocenters. The number of benzene rings is 2. The minimum Gasteiger partial charge on any atom is -0.355 e. The van der Waals surface area contributed by atoms with Gasteiger partial charge in [-0.2, -0.15) is 0 Å². The molecule has 0 aliphatic rings. The average Bonchev–Trinajstić information content (AvgIpc) is 2.47. The van der Waals surface area contributed by atoms with Crippen molar-refractivity contribution in [3.63, 3.8) is 0 Å². The first-order valence-corrected chi connectivity index (χ1v) is 5.44. The van der Waals surface area contributed by atoms with Crippen LogP contribution in [0.25, 0.3) is 0 Å². The zero-order valence-corrected chi connectivity index (χ0v) is 9.61. The summed E-state index contributed by atoms with van der Waals surface area (Å²) in [6.45, 7) is 0. The van der Waals surface area contributed by atoms with Gasteiger partial charge < -0.3 is 5.11 Å². The minimum atomic E-state index is -2.16. The van der Waals surface area contributed by atoms with Crippen LogP contribution in [0.4, 0.5) is 0 Å². The highest BCUT2D eigenvalue weighted by atomic mass is 16.7. The van der Waals surface area contributed by atoms with Gasteiger partial charge in [0.1, 0.15) is 0 Å². The van der Waals surface area contributed by atoms with Gasteiger partial charge in [0.25, 0.3) is 5.79 Å². The molecular weight excluding hydrogens is 230 g/mol. The number of hydrogen-bond acceptors (Lipinski definition) is 4. The molecule has 0 saturated heterocycles. The lowest BCUT2D eigenvalue weighted by Crippen LogP contribution is -2.41. The zero-order valence-electron chi connectivity index (χ0n) is 9.61. The maximum atomic E-state index is 12.2. The second-order valence-electron chi connectivity index (χ2n) is 3.82. The van der Waals surface area contributed by atoms with Crippen molar-refractivity contribution in [1.82, 2.24) is 0 Å². The summed E-state index contributed by atoms with van der Waals surface area (Å²) in [4.78, 5) is 16.8. The second-order valence-corrected chi connectivity index (χ2v) is 3.82. The van der Waals surface area contributed by atoms with E-state index in [-0.39, 0.29) is 0 Å². The van der Waals surface area contributed by atoms with Gasteiger partial charge in [-0.15, -0.1) is 0 Å². The summed E-state index contributed by atoms with van der Waals surface area (Å²) in [7, 11) is 0. The molecule has 0 aliphatic carbocycles. The highest BCUT2D eigenvalue weighted by Gasteiger charge is 2.39. The fourth-order valence-corrected chi connectivity index (χ4v) is 1.70. The van der Waals surface area contributed by atoms with Crippen LogP contribution in [0.1, 0.15) is 15.9 Å². The quantitative estimate of drug-likeness (QED) is 0.486. The van der Waals surface area contributed by atoms with Crippen LogP contribution in [0.5, 0.6) is 0 Å². The largest absolute Gasteiger partial charge is 0.355 e. The predicted octanol–water partition coefficient (Wildman–Crippen LogP) is 1.60. The highest BCUT2D eigenvalue weighted by Crippen LogP contribution is 2.25. The van der Waals surface area contributed by atoms with Gasteiger partial charge in [-0.25, -0.2) is 5.90 Å². The van der Waals surface area contributed by atoms with Gasteiger partial charge in [0.15, 0.2) is 0 Å². The van der Waals surface area contributed by atoms with Gasteiger partial charge in [0, 0.05) is 11.1 Å². The Hall–Kier alpha value is -2.01. The van der Waals surface area contributed by atoms with E-state index >= 15 is 0 Å². The predicted molar refractivity (Wildman–Crippen MR) is 66.4 cm³/mol. The average molecular weight is 243 g/mol. The molecule has 4 nitrogen and oxygen atoms in total. The molecule has 0 amide bonds. The number of ketones is 1. The first-order valence-electron chi connectivity index (χ1n) is 5.44. The number of nitrogens with two attached hydrogens (primary N) is 1. The van der Waals surface area contributed by atoms with Crippen molar-refractivity contribution in [2.75, 3.05) is 0 Å². The van der Waals surface area contributed by atoms with E-state index in [0.717, 1.165) is 0 Å². The summed E-state index contributed by atoms with van der Waals surface area (Å²) < 4.78 is 0. The molecule has 0 aromatic heterocycles. The van der Waals surface area contributed by atoms with Crippen molar-refractivity contribution in [3.05, 3.63) is 71.8 Å². The molecule has 0 fully saturated rings. The number of hydrogen-bond donors (Lipinski definition) is 2. The SMILES string of the molecule is NOC(O)(C(=O)c1ccccc1)c1ccccc1. The minimum absolute atomic E-state index is 0.293. The van der Waals surface area contributed by atoms with Gasteiger partial charge in [0.2, 0.25) is 5.78 Å². The highest BCUT2D eigenvalue weighted by molar-refractivity contribution is 6.01. The van der Waals surface area contributed by atoms with Gasteiger partial charge >= 0.3 is 0 Å². The molecule has 0 heterocycles. The standard InChI is InChI=1S/C14H13NO3/c15-18-14(17,12-9-5-2-6-10-12)13(16)11-7-3-1-4-8-11/h1-10,17H,15H2. The van der Waals surface area contributed by atoms with E-state index in [0.29, 0.717) is 11.1 Å². The van der Waals surface area contributed by atoms with Crippen LogP contribution in [-0.2, 0) is 10.6 Å². The van der Waals surface area contributed by atoms with E-state index in [2.05, 4.69) is 4.84 Å². The molecule has 0 radical (unpaired) electrons. The lowest BCUT2D eigenvalue weighted by molar-refractivity contribution is -0.176. The van der Waals surface area contributed by atoms with Crippen molar-refractivity contribution in [2.24, 2.45) is 5.90 Å². The molecule has 92 valence electrons. The molecule has 2 aromatic rings. The first-order chi connectivity index (χ1) is 8.68. The van der Waals surface area contributed by atoms with Crippen LogP contribution < -0.4 is 5.90 Å². The van der Waals surface area contributed by atoms with Crippen LogP contribution in [-0.4, -0.2) is 10.9 Å². The summed E-state index contributed by atoms with van der Waals surface area (Å²) in [6, 6.07) is 16.7. The van der Waals surface area contributed by atoms with Crippen LogP contribution in [0.15, 0.2) is 60.7 Å². The monoisotopic (exact) mass is 243 g/mol. The Kier molecular flexibility index (Phi) is 3.53. The third kappa shape index (κ3) is 2.17. The number of carbonyl (C=O) groups is 1. The molecule has 3 N–H and O–H groups in total. The molecular formula is C14H13NO3. The van der Waals surface area contributed by atoms with E-state index in [1.807, 2.05) is 0 Å². The Bertz CT molecular complexity index is 527. The van der Waals surface area contributed by atoms with Crippen molar-refractivity contribution >= 4 is 5.78 Å². The number of Topliss-reactive ketones (excluding diaryl/α,β-unsaturated/α-hetero) is 1. The lowest BCUT2D eigenvalue weighted by Gasteiger charge is -2.24. The zero-order chi connectivity index (χ0) is 13.0. The summed E-state index contributed by atoms with van der Waals surface area (Å²) in [5, 5.41) is 10.3. The van der Waals surface area contributed by atoms with Gasteiger partial charge in [-0.1, -0.05) is 60.7 Å². The van der Waals surface area contributed by atoms with Gasteiger partial charge in [-0.05, 0) is 0 Å². The maximum Gasteiger partial charge on any atom is 0.275 e. The molecule has 2 aromatic carbocycles. The van der Waals surface area contributed by atoms with Gasteiger partial charge in [0.05, 0.1) is 0 Å². The number of rotatable bonds is 4. The summed E-state index contributed by atoms with van der Waals surface area (Å²) in [5.74, 6) is 2.34. The van der Waals surface area contributed by atoms with Crippen LogP contribution in [0.3, 0.4) is 0 Å². The molecule has 0 spiro atoms. The van der Waals surface area contributed by atoms with Crippen molar-refractivity contribution in [1.29, 1.82) is 0 Å². The van der Waals surface area contributed by atoms with E-state index in [1.54, 1.807) is 60.7 Å². The van der Waals surface area contributed by atoms with Crippen molar-refractivity contribution in [3.8, 4) is 0 Å². The Morgan fingerprint density at radius 1 is 1.00 bits per heavy atom. The summed E-state index contributed by atoms with van der Waals surface area (Å²) in [6.07, 6.45) is 0. The third-order valence-corrected chi connectivity index (χ3v) is 2.68. The Morgan fingerprint density at radius 3 is 2.00 bits per heavy atom. The molecule has 2 rings (SSSR count). The molecule has 4 heteroatoms. The first kappa shape index (κ1) is 12.4. The normalized spacial score (nSPS) is 13.9. The van der Waals surface area contributed by atoms with Crippen molar-refractivity contribution < 1.29 is 14.7 Å². The number of aliphatic hydroxyl groups is 1. The molecule has 0 aliphatic heterocycles. The molecule has 1 unspecified atom stereocenters. The Morgan fingerprint density at radius 2 is 1.50 bits per heavy atom. The van der Waals surface area contributed by atoms with Crippen molar-refractivity contribution in [2.45, 2.75) is 5.79 Å². The van der Waals surface area contributed by atoms with E-state index < -0.39 is 11.6 Å². The summed E-state index contributed by atoms with van der Waals surface area (Å²) in [5.41, 5.74) is 0.621. The maximum absolute atomic E-state index is 12.2. The fraction of sp³-hybridized carbons (Fsp3) is 0.0714. The van der Waals surface area contributed by atoms with E-state index in [1.165, 1.54) is 0 Å². The van der Waals surface area contributed by atoms with E-state index in [4.69, 9.17) is 5.90 Å². The molecule has 0 saturated carbocycles. The number of carbonyl (C=O) groups excluding carboxylic acids is 1. The fourth-order valence-electron chi connectivity index (χ4n) is 1.70. The van der Waals surface area contributed by atoms with Gasteiger partial charge in [-0.3, -0.25) is 9.63 Å². The molecule has 18 heavy (non-hydrogen) atoms. The Labute approximate surface area is 105 Å². The summed E-state index contributed by atoms with van der Waals surface area (Å²) >= 11 is 0. The topological polar surface area (TPSA) is 72.6 Å². The second kappa shape index (κ2) is 5.10. The lowest BCUT2D eigenvalue weighted by atomic mass is 9.96. The molecule has 0 bridgehead atoms. The third-order valence-electron chi connectivity index (χ3n) is 2.68. The van der Waals surface area contributed by atoms with Crippen LogP contribution in [0.2, 0.25) is 0 Å². The van der Waals surface area contributed by atoms with E-state index in [9.17, 15) is 9.90 Å². The smallest absolute Gasteiger partial charge is 0.275 e.